The Morgan fingerprint density at radius 2 is 1.21 bits per heavy atom. The third-order valence-electron chi connectivity index (χ3n) is 3.78. The zero-order chi connectivity index (χ0) is 26.2. The molecule has 0 saturated heterocycles. The summed E-state index contributed by atoms with van der Waals surface area (Å²) < 4.78 is 96.0. The van der Waals surface area contributed by atoms with Gasteiger partial charge in [-0.1, -0.05) is 25.3 Å². The van der Waals surface area contributed by atoms with Crippen LogP contribution in [0.1, 0.15) is 19.8 Å². The van der Waals surface area contributed by atoms with E-state index in [0.717, 1.165) is 12.2 Å². The molecule has 0 spiro atoms. The van der Waals surface area contributed by atoms with Crippen LogP contribution in [0.5, 0.6) is 0 Å². The van der Waals surface area contributed by atoms with Gasteiger partial charge in [0.15, 0.2) is 25.2 Å². The Morgan fingerprint density at radius 3 is 1.48 bits per heavy atom. The third kappa shape index (κ3) is 11.2. The Morgan fingerprint density at radius 1 is 0.848 bits per heavy atom. The Balaban J connectivity index is 0. The molecule has 0 aliphatic rings. The van der Waals surface area contributed by atoms with Crippen LogP contribution in [0.15, 0.2) is 50.1 Å². The van der Waals surface area contributed by atoms with E-state index in [1.165, 1.54) is 7.11 Å². The molecule has 2 unspecified atom stereocenters. The second-order valence-electron chi connectivity index (χ2n) is 6.15. The first-order valence-electron chi connectivity index (χ1n) is 9.32. The van der Waals surface area contributed by atoms with E-state index < -0.39 is 73.7 Å². The molecule has 0 aliphatic carbocycles. The maximum atomic E-state index is 13.3. The molecule has 0 saturated carbocycles. The van der Waals surface area contributed by atoms with Crippen LogP contribution in [0.4, 0.5) is 26.3 Å². The fourth-order valence-electron chi connectivity index (χ4n) is 2.00. The molecule has 190 valence electrons. The minimum atomic E-state index is -3.97. The second kappa shape index (κ2) is 16.1. The van der Waals surface area contributed by atoms with E-state index in [9.17, 15) is 35.9 Å². The van der Waals surface area contributed by atoms with Gasteiger partial charge in [-0.05, 0) is 19.8 Å². The molecule has 33 heavy (non-hydrogen) atoms. The first kappa shape index (κ1) is 32.6. The van der Waals surface area contributed by atoms with E-state index in [2.05, 4.69) is 45.3 Å². The lowest BCUT2D eigenvalue weighted by molar-refractivity contribution is -0.173. The Labute approximate surface area is 188 Å². The number of alkyl halides is 4. The van der Waals surface area contributed by atoms with Crippen LogP contribution in [-0.2, 0) is 28.5 Å². The van der Waals surface area contributed by atoms with Gasteiger partial charge in [0.2, 0.25) is 0 Å². The average molecular weight is 490 g/mol. The lowest BCUT2D eigenvalue weighted by Crippen LogP contribution is -2.36. The fraction of sp³-hybridized carbons (Fsp3) is 0.524. The van der Waals surface area contributed by atoms with Gasteiger partial charge in [0.1, 0.15) is 11.8 Å². The van der Waals surface area contributed by atoms with Gasteiger partial charge < -0.3 is 18.9 Å². The molecule has 0 aromatic heterocycles. The van der Waals surface area contributed by atoms with Gasteiger partial charge >= 0.3 is 23.8 Å². The summed E-state index contributed by atoms with van der Waals surface area (Å²) in [6.45, 7) is 12.5. The van der Waals surface area contributed by atoms with E-state index in [-0.39, 0.29) is 6.61 Å². The number of esters is 2. The zero-order valence-electron chi connectivity index (χ0n) is 18.4. The summed E-state index contributed by atoms with van der Waals surface area (Å²) in [7, 11) is 1.22. The minimum absolute atomic E-state index is 0.269. The van der Waals surface area contributed by atoms with Crippen molar-refractivity contribution in [2.24, 2.45) is 11.8 Å². The number of allylic oxidation sites excluding steroid dienone is 4. The molecular weight excluding hydrogens is 462 g/mol. The molecule has 0 N–H and O–H groups in total. The molecule has 12 heteroatoms. The molecule has 0 fully saturated rings. The smallest absolute Gasteiger partial charge is 0.317 e. The van der Waals surface area contributed by atoms with Gasteiger partial charge in [0.25, 0.3) is 0 Å². The van der Waals surface area contributed by atoms with Crippen molar-refractivity contribution in [1.29, 1.82) is 0 Å². The van der Waals surface area contributed by atoms with E-state index >= 15 is 0 Å². The first-order chi connectivity index (χ1) is 15.2. The molecule has 0 rings (SSSR count). The number of hydrogen-bond donors (Lipinski definition) is 0. The molecule has 0 aromatic rings. The van der Waals surface area contributed by atoms with Crippen molar-refractivity contribution in [2.45, 2.75) is 31.6 Å². The van der Waals surface area contributed by atoms with Gasteiger partial charge in [0.05, 0.1) is 0 Å². The van der Waals surface area contributed by atoms with Gasteiger partial charge in [-0.2, -0.15) is 17.6 Å². The lowest BCUT2D eigenvalue weighted by Gasteiger charge is -2.22. The van der Waals surface area contributed by atoms with E-state index in [1.807, 2.05) is 0 Å². The van der Waals surface area contributed by atoms with Crippen molar-refractivity contribution in [3.8, 4) is 0 Å². The summed E-state index contributed by atoms with van der Waals surface area (Å²) in [5, 5.41) is 0. The average Bonchev–Trinajstić information content (AvgIpc) is 2.74. The van der Waals surface area contributed by atoms with E-state index in [4.69, 9.17) is 0 Å². The van der Waals surface area contributed by atoms with Gasteiger partial charge in [-0.3, -0.25) is 9.59 Å². The van der Waals surface area contributed by atoms with Crippen molar-refractivity contribution in [1.82, 2.24) is 0 Å². The maximum Gasteiger partial charge on any atom is 0.317 e. The standard InChI is InChI=1S/C11H15F3O3.C10H13F3O3/c1-4-6-9(11(13,14)8(3)12)10(15)17-7-16-5-2;1-4-5-8(9(14)16-6-15-3)10(12,13)7(2)11/h4,9H,1,3,5-7H2,2H3;4,8H,1-2,5-6H2,3H3. The van der Waals surface area contributed by atoms with Crippen molar-refractivity contribution in [3.63, 3.8) is 0 Å². The minimum Gasteiger partial charge on any atom is -0.438 e. The van der Waals surface area contributed by atoms with E-state index in [1.54, 1.807) is 6.92 Å². The summed E-state index contributed by atoms with van der Waals surface area (Å²) in [6.07, 6.45) is 1.33. The number of carbonyl (C=O) groups excluding carboxylic acids is 2. The van der Waals surface area contributed by atoms with Crippen molar-refractivity contribution < 1.29 is 54.9 Å². The van der Waals surface area contributed by atoms with E-state index in [0.29, 0.717) is 0 Å². The van der Waals surface area contributed by atoms with Crippen molar-refractivity contribution in [2.75, 3.05) is 27.3 Å². The largest absolute Gasteiger partial charge is 0.438 e. The molecule has 0 aliphatic heterocycles. The van der Waals surface area contributed by atoms with Crippen LogP contribution in [-0.4, -0.2) is 51.1 Å². The predicted octanol–water partition coefficient (Wildman–Crippen LogP) is 5.28. The van der Waals surface area contributed by atoms with Gasteiger partial charge in [-0.15, -0.1) is 13.2 Å². The lowest BCUT2D eigenvalue weighted by atomic mass is 9.97. The quantitative estimate of drug-likeness (QED) is 0.102. The molecule has 0 amide bonds. The predicted molar refractivity (Wildman–Crippen MR) is 108 cm³/mol. The topological polar surface area (TPSA) is 71.1 Å². The molecule has 2 atom stereocenters. The monoisotopic (exact) mass is 490 g/mol. The third-order valence-corrected chi connectivity index (χ3v) is 3.78. The number of rotatable bonds is 15. The highest BCUT2D eigenvalue weighted by Gasteiger charge is 2.48. The summed E-state index contributed by atoms with van der Waals surface area (Å²) in [5.74, 6) is -18.2. The highest BCUT2D eigenvalue weighted by Crippen LogP contribution is 2.36. The summed E-state index contributed by atoms with van der Waals surface area (Å²) in [5.41, 5.74) is 0. The first-order valence-corrected chi connectivity index (χ1v) is 9.32. The number of halogens is 6. The number of methoxy groups -OCH3 is 1. The second-order valence-corrected chi connectivity index (χ2v) is 6.15. The number of carbonyl (C=O) groups is 2. The highest BCUT2D eigenvalue weighted by molar-refractivity contribution is 5.74. The Hall–Kier alpha value is -2.60. The Kier molecular flexibility index (Phi) is 15.9. The molecule has 0 radical (unpaired) electrons. The summed E-state index contributed by atoms with van der Waals surface area (Å²) in [6, 6.07) is 0. The van der Waals surface area contributed by atoms with Crippen LogP contribution in [0.3, 0.4) is 0 Å². The van der Waals surface area contributed by atoms with Crippen LogP contribution in [0.2, 0.25) is 0 Å². The number of hydrogen-bond acceptors (Lipinski definition) is 6. The molecular formula is C21H28F6O6. The normalized spacial score (nSPS) is 13.0. The maximum absolute atomic E-state index is 13.3. The molecule has 0 aromatic carbocycles. The van der Waals surface area contributed by atoms with Gasteiger partial charge in [-0.25, -0.2) is 8.78 Å². The highest BCUT2D eigenvalue weighted by atomic mass is 19.3. The van der Waals surface area contributed by atoms with Crippen LogP contribution >= 0.6 is 0 Å². The fourth-order valence-corrected chi connectivity index (χ4v) is 2.00. The molecule has 0 heterocycles. The van der Waals surface area contributed by atoms with Crippen molar-refractivity contribution >= 4 is 11.9 Å². The molecule has 6 nitrogen and oxygen atoms in total. The SMILES string of the molecule is C=CCC(C(=O)OCOC)C(F)(F)C(=C)F.C=CCC(C(=O)OCOCC)C(F)(F)C(=C)F. The van der Waals surface area contributed by atoms with Gasteiger partial charge in [0, 0.05) is 13.7 Å². The van der Waals surface area contributed by atoms with Crippen molar-refractivity contribution in [3.05, 3.63) is 50.1 Å². The van der Waals surface area contributed by atoms with Crippen LogP contribution in [0.25, 0.3) is 0 Å². The summed E-state index contributed by atoms with van der Waals surface area (Å²) in [4.78, 5) is 22.5. The zero-order valence-corrected chi connectivity index (χ0v) is 18.4. The van der Waals surface area contributed by atoms with Crippen LogP contribution < -0.4 is 0 Å². The Bertz CT molecular complexity index is 680. The van der Waals surface area contributed by atoms with Crippen LogP contribution in [0, 0.1) is 11.8 Å². The number of ether oxygens (including phenoxy) is 4. The summed E-state index contributed by atoms with van der Waals surface area (Å²) >= 11 is 0. The molecule has 0 bridgehead atoms.